The molecule has 19 heavy (non-hydrogen) atoms. The molecule has 0 spiro atoms. The molecule has 6 heteroatoms. The van der Waals surface area contributed by atoms with Crippen LogP contribution in [0.15, 0.2) is 30.3 Å². The third kappa shape index (κ3) is 2.67. The Morgan fingerprint density at radius 1 is 1.16 bits per heavy atom. The summed E-state index contributed by atoms with van der Waals surface area (Å²) < 4.78 is 27.1. The van der Waals surface area contributed by atoms with Gasteiger partial charge in [0.05, 0.1) is 5.56 Å². The second-order valence-electron chi connectivity index (χ2n) is 3.85. The van der Waals surface area contributed by atoms with Crippen LogP contribution in [0.25, 0.3) is 11.1 Å². The van der Waals surface area contributed by atoms with Crippen molar-refractivity contribution < 1.29 is 18.7 Å². The predicted molar refractivity (Wildman–Crippen MR) is 75.9 cm³/mol. The summed E-state index contributed by atoms with van der Waals surface area (Å²) in [5, 5.41) is 8.94. The van der Waals surface area contributed by atoms with Crippen molar-refractivity contribution in [3.05, 3.63) is 51.1 Å². The summed E-state index contributed by atoms with van der Waals surface area (Å²) in [5.74, 6) is -2.55. The molecule has 3 nitrogen and oxygen atoms in total. The number of nitrogen functional groups attached to an aromatic ring is 1. The number of carboxylic acid groups (broad SMARTS) is 1. The number of nitrogens with two attached hydrogens (primary N) is 1. The van der Waals surface area contributed by atoms with E-state index in [0.29, 0.717) is 9.13 Å². The molecule has 3 N–H and O–H groups in total. The maximum Gasteiger partial charge on any atom is 0.337 e. The Hall–Kier alpha value is -1.70. The second-order valence-corrected chi connectivity index (χ2v) is 5.01. The minimum absolute atomic E-state index is 0.0339. The number of halogens is 3. The zero-order chi connectivity index (χ0) is 14.2. The van der Waals surface area contributed by atoms with Crippen LogP contribution in [0.2, 0.25) is 0 Å². The fourth-order valence-electron chi connectivity index (χ4n) is 1.69. The Morgan fingerprint density at radius 3 is 2.42 bits per heavy atom. The molecule has 2 rings (SSSR count). The number of aromatic carboxylic acids is 1. The van der Waals surface area contributed by atoms with Gasteiger partial charge in [-0.15, -0.1) is 0 Å². The highest BCUT2D eigenvalue weighted by atomic mass is 127. The van der Waals surface area contributed by atoms with Crippen LogP contribution in [0.1, 0.15) is 10.4 Å². The molecule has 2 aromatic carbocycles. The maximum atomic E-state index is 13.7. The minimum Gasteiger partial charge on any atom is -0.478 e. The Morgan fingerprint density at radius 2 is 1.84 bits per heavy atom. The number of hydrogen-bond acceptors (Lipinski definition) is 2. The smallest absolute Gasteiger partial charge is 0.337 e. The van der Waals surface area contributed by atoms with Gasteiger partial charge in [0.1, 0.15) is 11.6 Å². The van der Waals surface area contributed by atoms with Crippen LogP contribution in [0, 0.1) is 15.2 Å². The van der Waals surface area contributed by atoms with Gasteiger partial charge in [-0.25, -0.2) is 13.6 Å². The van der Waals surface area contributed by atoms with E-state index in [9.17, 15) is 13.6 Å². The Kier molecular flexibility index (Phi) is 3.70. The van der Waals surface area contributed by atoms with E-state index in [2.05, 4.69) is 0 Å². The van der Waals surface area contributed by atoms with Crippen LogP contribution in [-0.4, -0.2) is 11.1 Å². The van der Waals surface area contributed by atoms with E-state index in [4.69, 9.17) is 10.8 Å². The topological polar surface area (TPSA) is 63.3 Å². The highest BCUT2D eigenvalue weighted by Crippen LogP contribution is 2.31. The standard InChI is InChI=1S/C13H8F2INO2/c14-6-1-2-7(10(15)3-6)8-5-12(17)9(13(18)19)4-11(8)16/h1-5H,17H2,(H,18,19). The van der Waals surface area contributed by atoms with Crippen LogP contribution < -0.4 is 5.73 Å². The van der Waals surface area contributed by atoms with E-state index in [1.165, 1.54) is 18.2 Å². The number of hydrogen-bond donors (Lipinski definition) is 2. The van der Waals surface area contributed by atoms with E-state index >= 15 is 0 Å². The molecular formula is C13H8F2INO2. The molecule has 2 aromatic rings. The van der Waals surface area contributed by atoms with E-state index in [0.717, 1.165) is 12.1 Å². The fraction of sp³-hybridized carbons (Fsp3) is 0. The molecule has 0 bridgehead atoms. The van der Waals surface area contributed by atoms with Gasteiger partial charge >= 0.3 is 5.97 Å². The zero-order valence-corrected chi connectivity index (χ0v) is 11.6. The summed E-state index contributed by atoms with van der Waals surface area (Å²) in [6.45, 7) is 0. The first kappa shape index (κ1) is 13.7. The molecule has 0 saturated heterocycles. The van der Waals surface area contributed by atoms with Gasteiger partial charge in [-0.1, -0.05) is 0 Å². The number of anilines is 1. The summed E-state index contributed by atoms with van der Waals surface area (Å²) in [6.07, 6.45) is 0. The van der Waals surface area contributed by atoms with Crippen LogP contribution in [0.4, 0.5) is 14.5 Å². The van der Waals surface area contributed by atoms with Crippen molar-refractivity contribution in [3.8, 4) is 11.1 Å². The number of benzene rings is 2. The van der Waals surface area contributed by atoms with E-state index in [1.54, 1.807) is 0 Å². The first-order valence-corrected chi connectivity index (χ1v) is 6.25. The normalized spacial score (nSPS) is 10.5. The third-order valence-corrected chi connectivity index (χ3v) is 3.48. The van der Waals surface area contributed by atoms with Gasteiger partial charge < -0.3 is 10.8 Å². The Labute approximate surface area is 121 Å². The van der Waals surface area contributed by atoms with Crippen molar-refractivity contribution in [1.29, 1.82) is 0 Å². The molecule has 0 atom stereocenters. The second kappa shape index (κ2) is 5.12. The van der Waals surface area contributed by atoms with Gasteiger partial charge in [0.25, 0.3) is 0 Å². The molecule has 0 aromatic heterocycles. The Balaban J connectivity index is 2.63. The molecule has 0 aliphatic heterocycles. The quantitative estimate of drug-likeness (QED) is 0.624. The largest absolute Gasteiger partial charge is 0.478 e. The minimum atomic E-state index is -1.15. The first-order chi connectivity index (χ1) is 8.90. The molecule has 0 fully saturated rings. The zero-order valence-electron chi connectivity index (χ0n) is 9.45. The monoisotopic (exact) mass is 375 g/mol. The number of rotatable bonds is 2. The van der Waals surface area contributed by atoms with E-state index in [1.807, 2.05) is 22.6 Å². The van der Waals surface area contributed by atoms with Crippen molar-refractivity contribution in [2.24, 2.45) is 0 Å². The predicted octanol–water partition coefficient (Wildman–Crippen LogP) is 3.52. The number of carbonyl (C=O) groups is 1. The lowest BCUT2D eigenvalue weighted by atomic mass is 10.0. The van der Waals surface area contributed by atoms with Gasteiger partial charge in [-0.3, -0.25) is 0 Å². The average Bonchev–Trinajstić information content (AvgIpc) is 2.32. The van der Waals surface area contributed by atoms with Gasteiger partial charge in [-0.05, 0) is 46.9 Å². The van der Waals surface area contributed by atoms with E-state index < -0.39 is 17.6 Å². The van der Waals surface area contributed by atoms with Crippen molar-refractivity contribution in [2.75, 3.05) is 5.73 Å². The SMILES string of the molecule is Nc1cc(-c2ccc(F)cc2F)c(I)cc1C(=O)O. The molecular weight excluding hydrogens is 367 g/mol. The molecule has 0 amide bonds. The molecule has 0 unspecified atom stereocenters. The summed E-state index contributed by atoms with van der Waals surface area (Å²) >= 11 is 1.89. The highest BCUT2D eigenvalue weighted by Gasteiger charge is 2.15. The molecule has 98 valence electrons. The fourth-order valence-corrected chi connectivity index (χ4v) is 2.45. The summed E-state index contributed by atoms with van der Waals surface area (Å²) in [4.78, 5) is 10.9. The van der Waals surface area contributed by atoms with Gasteiger partial charge in [0.2, 0.25) is 0 Å². The van der Waals surface area contributed by atoms with Crippen molar-refractivity contribution in [2.45, 2.75) is 0 Å². The van der Waals surface area contributed by atoms with Gasteiger partial charge in [0, 0.05) is 26.5 Å². The first-order valence-electron chi connectivity index (χ1n) is 5.18. The molecule has 0 heterocycles. The Bertz CT molecular complexity index is 674. The van der Waals surface area contributed by atoms with Crippen LogP contribution in [0.3, 0.4) is 0 Å². The van der Waals surface area contributed by atoms with Crippen molar-refractivity contribution in [3.63, 3.8) is 0 Å². The summed E-state index contributed by atoms with van der Waals surface area (Å²) in [6, 6.07) is 5.93. The van der Waals surface area contributed by atoms with E-state index in [-0.39, 0.29) is 16.8 Å². The van der Waals surface area contributed by atoms with Gasteiger partial charge in [0.15, 0.2) is 0 Å². The highest BCUT2D eigenvalue weighted by molar-refractivity contribution is 14.1. The third-order valence-electron chi connectivity index (χ3n) is 2.59. The van der Waals surface area contributed by atoms with Crippen LogP contribution in [0.5, 0.6) is 0 Å². The lowest BCUT2D eigenvalue weighted by molar-refractivity contribution is 0.0698. The lowest BCUT2D eigenvalue weighted by Gasteiger charge is -2.10. The van der Waals surface area contributed by atoms with Crippen molar-refractivity contribution >= 4 is 34.2 Å². The summed E-state index contributed by atoms with van der Waals surface area (Å²) in [5.41, 5.74) is 6.22. The maximum absolute atomic E-state index is 13.7. The molecule has 0 radical (unpaired) electrons. The lowest BCUT2D eigenvalue weighted by Crippen LogP contribution is -2.04. The summed E-state index contributed by atoms with van der Waals surface area (Å²) in [7, 11) is 0. The van der Waals surface area contributed by atoms with Crippen LogP contribution >= 0.6 is 22.6 Å². The van der Waals surface area contributed by atoms with Gasteiger partial charge in [-0.2, -0.15) is 0 Å². The number of carboxylic acids is 1. The molecule has 0 aliphatic carbocycles. The average molecular weight is 375 g/mol. The molecule has 0 aliphatic rings. The molecule has 0 saturated carbocycles. The van der Waals surface area contributed by atoms with Crippen LogP contribution in [-0.2, 0) is 0 Å². The van der Waals surface area contributed by atoms with Crippen molar-refractivity contribution in [1.82, 2.24) is 0 Å².